The zero-order valence-corrected chi connectivity index (χ0v) is 15.0. The third kappa shape index (κ3) is 5.23. The van der Waals surface area contributed by atoms with E-state index in [2.05, 4.69) is 4.98 Å². The van der Waals surface area contributed by atoms with Crippen molar-refractivity contribution in [1.29, 1.82) is 0 Å². The van der Waals surface area contributed by atoms with Crippen LogP contribution in [-0.2, 0) is 14.8 Å². The summed E-state index contributed by atoms with van der Waals surface area (Å²) in [5, 5.41) is 8.82. The number of ether oxygens (including phenoxy) is 1. The molecule has 0 amide bonds. The minimum Gasteiger partial charge on any atom is -0.481 e. The van der Waals surface area contributed by atoms with Gasteiger partial charge in [-0.2, -0.15) is 4.31 Å². The number of nitrogens with zero attached hydrogens (tertiary/aromatic N) is 2. The van der Waals surface area contributed by atoms with Gasteiger partial charge in [0.25, 0.3) is 0 Å². The molecule has 0 unspecified atom stereocenters. The van der Waals surface area contributed by atoms with Gasteiger partial charge in [-0.05, 0) is 24.8 Å². The monoisotopic (exact) mass is 387 g/mol. The summed E-state index contributed by atoms with van der Waals surface area (Å²) in [4.78, 5) is 14.7. The second-order valence-corrected chi connectivity index (χ2v) is 7.98. The molecule has 0 atom stereocenters. The van der Waals surface area contributed by atoms with Gasteiger partial charge in [-0.1, -0.05) is 0 Å². The predicted octanol–water partition coefficient (Wildman–Crippen LogP) is 1.15. The van der Waals surface area contributed by atoms with Crippen molar-refractivity contribution in [2.24, 2.45) is 11.7 Å². The first-order chi connectivity index (χ1) is 12.4. The van der Waals surface area contributed by atoms with Crippen molar-refractivity contribution in [2.45, 2.75) is 24.2 Å². The van der Waals surface area contributed by atoms with E-state index in [1.807, 2.05) is 0 Å². The molecule has 1 saturated heterocycles. The summed E-state index contributed by atoms with van der Waals surface area (Å²) in [6.07, 6.45) is 2.64. The molecule has 144 valence electrons. The molecule has 2 rings (SSSR count). The number of carbonyl (C=O) groups is 1. The Bertz CT molecular complexity index is 744. The summed E-state index contributed by atoms with van der Waals surface area (Å²) in [6.45, 7) is 0.503. The van der Waals surface area contributed by atoms with Gasteiger partial charge in [-0.15, -0.1) is 0 Å². The lowest BCUT2D eigenvalue weighted by Crippen LogP contribution is -2.38. The Morgan fingerprint density at radius 2 is 2.12 bits per heavy atom. The van der Waals surface area contributed by atoms with Crippen LogP contribution in [-0.4, -0.2) is 55.0 Å². The number of piperidine rings is 1. The first-order valence-electron chi connectivity index (χ1n) is 8.15. The zero-order valence-electron chi connectivity index (χ0n) is 14.2. The Kier molecular flexibility index (Phi) is 7.06. The van der Waals surface area contributed by atoms with Gasteiger partial charge in [0.15, 0.2) is 0 Å². The lowest BCUT2D eigenvalue weighted by atomic mass is 9.95. The molecular formula is C16H22FN3O5S. The number of pyridine rings is 1. The Morgan fingerprint density at radius 3 is 2.62 bits per heavy atom. The number of hydrogen-bond acceptors (Lipinski definition) is 6. The van der Waals surface area contributed by atoms with Crippen molar-refractivity contribution < 1.29 is 27.4 Å². The van der Waals surface area contributed by atoms with Gasteiger partial charge in [0, 0.05) is 37.7 Å². The number of halogens is 1. The molecule has 0 aromatic carbocycles. The van der Waals surface area contributed by atoms with Crippen LogP contribution in [0.3, 0.4) is 0 Å². The van der Waals surface area contributed by atoms with Crippen LogP contribution in [0.5, 0.6) is 5.88 Å². The topological polar surface area (TPSA) is 123 Å². The Balaban J connectivity index is 1.98. The highest BCUT2D eigenvalue weighted by Crippen LogP contribution is 2.26. The number of sulfonamides is 1. The van der Waals surface area contributed by atoms with Crippen molar-refractivity contribution in [2.75, 3.05) is 26.2 Å². The van der Waals surface area contributed by atoms with E-state index in [0.717, 1.165) is 0 Å². The maximum atomic E-state index is 12.6. The molecule has 0 saturated carbocycles. The molecule has 26 heavy (non-hydrogen) atoms. The lowest BCUT2D eigenvalue weighted by Gasteiger charge is -2.30. The first-order valence-corrected chi connectivity index (χ1v) is 9.59. The number of carboxylic acids is 1. The molecular weight excluding hydrogens is 365 g/mol. The van der Waals surface area contributed by atoms with Crippen LogP contribution in [0.25, 0.3) is 0 Å². The van der Waals surface area contributed by atoms with E-state index < -0.39 is 16.0 Å². The minimum absolute atomic E-state index is 0.00634. The van der Waals surface area contributed by atoms with Gasteiger partial charge < -0.3 is 15.6 Å². The molecule has 10 heteroatoms. The molecule has 1 fully saturated rings. The molecule has 2 heterocycles. The largest absolute Gasteiger partial charge is 0.481 e. The van der Waals surface area contributed by atoms with Crippen LogP contribution >= 0.6 is 0 Å². The fraction of sp³-hybridized carbons (Fsp3) is 0.500. The van der Waals surface area contributed by atoms with Gasteiger partial charge >= 0.3 is 5.97 Å². The number of carboxylic acid groups (broad SMARTS) is 1. The smallest absolute Gasteiger partial charge is 0.303 e. The number of aromatic nitrogens is 1. The van der Waals surface area contributed by atoms with E-state index in [1.54, 1.807) is 0 Å². The summed E-state index contributed by atoms with van der Waals surface area (Å²) < 4.78 is 44.3. The van der Waals surface area contributed by atoms with Gasteiger partial charge in [-0.3, -0.25) is 4.79 Å². The van der Waals surface area contributed by atoms with E-state index >= 15 is 0 Å². The molecule has 3 N–H and O–H groups in total. The molecule has 0 bridgehead atoms. The number of hydrogen-bond donors (Lipinski definition) is 2. The molecule has 1 aliphatic rings. The van der Waals surface area contributed by atoms with Gasteiger partial charge in [0.05, 0.1) is 12.5 Å². The third-order valence-corrected chi connectivity index (χ3v) is 6.09. The third-order valence-electron chi connectivity index (χ3n) is 4.21. The minimum atomic E-state index is -3.69. The van der Waals surface area contributed by atoms with Crippen molar-refractivity contribution in [3.63, 3.8) is 0 Å². The molecule has 1 aliphatic heterocycles. The van der Waals surface area contributed by atoms with Gasteiger partial charge in [0.1, 0.15) is 11.5 Å². The predicted molar refractivity (Wildman–Crippen MR) is 91.7 cm³/mol. The van der Waals surface area contributed by atoms with E-state index in [1.165, 1.54) is 22.6 Å². The standard InChI is InChI=1S/C16H22FN3O5S/c17-8-13(9-18)11-25-15-2-1-14(10-19-15)26(23,24)20-5-3-12(4-6-20)7-16(21)22/h1-2,8,10,12H,3-7,9,11,18H2,(H,21,22). The second kappa shape index (κ2) is 9.06. The zero-order chi connectivity index (χ0) is 19.2. The van der Waals surface area contributed by atoms with Crippen LogP contribution in [0.1, 0.15) is 19.3 Å². The molecule has 0 radical (unpaired) electrons. The average molecular weight is 387 g/mol. The number of nitrogens with two attached hydrogens (primary N) is 1. The van der Waals surface area contributed by atoms with Crippen LogP contribution in [0, 0.1) is 5.92 Å². The summed E-state index contributed by atoms with van der Waals surface area (Å²) in [5.41, 5.74) is 5.58. The summed E-state index contributed by atoms with van der Waals surface area (Å²) in [6, 6.07) is 2.78. The molecule has 1 aromatic heterocycles. The molecule has 0 spiro atoms. The normalized spacial score (nSPS) is 17.2. The first kappa shape index (κ1) is 20.3. The van der Waals surface area contributed by atoms with E-state index in [-0.39, 0.29) is 54.9 Å². The fourth-order valence-electron chi connectivity index (χ4n) is 2.66. The Labute approximate surface area is 151 Å². The number of aliphatic carboxylic acids is 1. The Hall–Kier alpha value is -2.04. The van der Waals surface area contributed by atoms with Crippen molar-refractivity contribution in [3.8, 4) is 5.88 Å². The fourth-order valence-corrected chi connectivity index (χ4v) is 4.07. The Morgan fingerprint density at radius 1 is 1.42 bits per heavy atom. The maximum Gasteiger partial charge on any atom is 0.303 e. The van der Waals surface area contributed by atoms with Crippen molar-refractivity contribution >= 4 is 16.0 Å². The van der Waals surface area contributed by atoms with E-state index in [0.29, 0.717) is 19.2 Å². The molecule has 1 aromatic rings. The molecule has 8 nitrogen and oxygen atoms in total. The van der Waals surface area contributed by atoms with Crippen LogP contribution in [0.2, 0.25) is 0 Å². The lowest BCUT2D eigenvalue weighted by molar-refractivity contribution is -0.138. The quantitative estimate of drug-likeness (QED) is 0.686. The van der Waals surface area contributed by atoms with E-state index in [4.69, 9.17) is 15.6 Å². The van der Waals surface area contributed by atoms with Crippen molar-refractivity contribution in [1.82, 2.24) is 9.29 Å². The van der Waals surface area contributed by atoms with Gasteiger partial charge in [0.2, 0.25) is 15.9 Å². The highest BCUT2D eigenvalue weighted by molar-refractivity contribution is 7.89. The highest BCUT2D eigenvalue weighted by atomic mass is 32.2. The van der Waals surface area contributed by atoms with Crippen molar-refractivity contribution in [3.05, 3.63) is 30.2 Å². The van der Waals surface area contributed by atoms with Crippen LogP contribution < -0.4 is 10.5 Å². The summed E-state index contributed by atoms with van der Waals surface area (Å²) in [5.74, 6) is -0.712. The molecule has 0 aliphatic carbocycles. The average Bonchev–Trinajstić information content (AvgIpc) is 2.63. The summed E-state index contributed by atoms with van der Waals surface area (Å²) >= 11 is 0. The van der Waals surface area contributed by atoms with Gasteiger partial charge in [-0.25, -0.2) is 17.8 Å². The van der Waals surface area contributed by atoms with Crippen LogP contribution in [0.15, 0.2) is 35.1 Å². The summed E-state index contributed by atoms with van der Waals surface area (Å²) in [7, 11) is -3.69. The maximum absolute atomic E-state index is 12.6. The van der Waals surface area contributed by atoms with E-state index in [9.17, 15) is 17.6 Å². The highest BCUT2D eigenvalue weighted by Gasteiger charge is 2.30. The number of rotatable bonds is 8. The van der Waals surface area contributed by atoms with Crippen LogP contribution in [0.4, 0.5) is 4.39 Å². The second-order valence-electron chi connectivity index (χ2n) is 6.04. The SMILES string of the molecule is NCC(=CF)COc1ccc(S(=O)(=O)N2CCC(CC(=O)O)CC2)cn1.